The minimum atomic E-state index is -0.655. The van der Waals surface area contributed by atoms with E-state index < -0.39 is 17.6 Å². The van der Waals surface area contributed by atoms with Gasteiger partial charge in [-0.05, 0) is 55.4 Å². The summed E-state index contributed by atoms with van der Waals surface area (Å²) in [5, 5.41) is 5.85. The Morgan fingerprint density at radius 1 is 1.33 bits per heavy atom. The van der Waals surface area contributed by atoms with Gasteiger partial charge in [0, 0.05) is 18.4 Å². The lowest BCUT2D eigenvalue weighted by atomic mass is 9.84. The molecule has 8 nitrogen and oxygen atoms in total. The standard InChI is InChI=1S/C21H28N2O6S/c1-27-20(26)15(7-10-30-2)22-18(24)5-8-21(9-6-19(25)23-21)12-14-3-4-16-17(11-14)29-13-28-16/h3-4,11,15H,5-10,12-13H2,1-2H3,(H,22,24)(H,23,25)/t15-,21-/m0/s1. The normalized spacial score (nSPS) is 20.5. The Morgan fingerprint density at radius 2 is 2.13 bits per heavy atom. The maximum absolute atomic E-state index is 12.5. The van der Waals surface area contributed by atoms with Crippen LogP contribution < -0.4 is 20.1 Å². The van der Waals surface area contributed by atoms with Crippen molar-refractivity contribution in [3.63, 3.8) is 0 Å². The van der Waals surface area contributed by atoms with Gasteiger partial charge in [-0.1, -0.05) is 6.07 Å². The van der Waals surface area contributed by atoms with Crippen LogP contribution in [0.4, 0.5) is 0 Å². The highest BCUT2D eigenvalue weighted by Crippen LogP contribution is 2.36. The van der Waals surface area contributed by atoms with Crippen LogP contribution in [-0.4, -0.2) is 55.3 Å². The number of hydrogen-bond acceptors (Lipinski definition) is 7. The number of esters is 1. The van der Waals surface area contributed by atoms with Crippen molar-refractivity contribution in [2.24, 2.45) is 0 Å². The van der Waals surface area contributed by atoms with E-state index in [1.165, 1.54) is 7.11 Å². The molecule has 0 aliphatic carbocycles. The van der Waals surface area contributed by atoms with Gasteiger partial charge >= 0.3 is 5.97 Å². The molecule has 0 radical (unpaired) electrons. The molecule has 1 aromatic carbocycles. The third-order valence-electron chi connectivity index (χ3n) is 5.48. The number of fused-ring (bicyclic) bond motifs is 1. The summed E-state index contributed by atoms with van der Waals surface area (Å²) >= 11 is 1.60. The summed E-state index contributed by atoms with van der Waals surface area (Å²) in [4.78, 5) is 36.5. The van der Waals surface area contributed by atoms with Crippen molar-refractivity contribution >= 4 is 29.5 Å². The molecule has 1 fully saturated rings. The zero-order valence-electron chi connectivity index (χ0n) is 17.3. The van der Waals surface area contributed by atoms with Crippen LogP contribution in [0.5, 0.6) is 11.5 Å². The first-order chi connectivity index (χ1) is 14.4. The minimum Gasteiger partial charge on any atom is -0.467 e. The first kappa shape index (κ1) is 22.3. The summed E-state index contributed by atoms with van der Waals surface area (Å²) < 4.78 is 15.6. The minimum absolute atomic E-state index is 0.0106. The van der Waals surface area contributed by atoms with E-state index in [-0.39, 0.29) is 25.0 Å². The number of thioether (sulfide) groups is 1. The average molecular weight is 437 g/mol. The number of carbonyl (C=O) groups excluding carboxylic acids is 3. The molecule has 0 unspecified atom stereocenters. The maximum atomic E-state index is 12.5. The number of hydrogen-bond donors (Lipinski definition) is 2. The smallest absolute Gasteiger partial charge is 0.328 e. The fraction of sp³-hybridized carbons (Fsp3) is 0.571. The molecule has 2 heterocycles. The molecule has 0 aromatic heterocycles. The van der Waals surface area contributed by atoms with Gasteiger partial charge in [0.25, 0.3) is 0 Å². The van der Waals surface area contributed by atoms with E-state index in [2.05, 4.69) is 10.6 Å². The van der Waals surface area contributed by atoms with Gasteiger partial charge in [0.1, 0.15) is 6.04 Å². The molecular formula is C21H28N2O6S. The lowest BCUT2D eigenvalue weighted by molar-refractivity contribution is -0.145. The highest BCUT2D eigenvalue weighted by Gasteiger charge is 2.38. The van der Waals surface area contributed by atoms with Crippen molar-refractivity contribution in [3.8, 4) is 11.5 Å². The van der Waals surface area contributed by atoms with Crippen molar-refractivity contribution in [1.29, 1.82) is 0 Å². The molecule has 2 amide bonds. The Hall–Kier alpha value is -2.42. The Balaban J connectivity index is 1.62. The lowest BCUT2D eigenvalue weighted by Gasteiger charge is -2.29. The van der Waals surface area contributed by atoms with Crippen LogP contribution in [0.1, 0.15) is 37.7 Å². The number of carbonyl (C=O) groups is 3. The molecule has 2 aliphatic rings. The molecule has 2 N–H and O–H groups in total. The van der Waals surface area contributed by atoms with Gasteiger partial charge in [0.2, 0.25) is 18.6 Å². The number of amides is 2. The summed E-state index contributed by atoms with van der Waals surface area (Å²) in [5.74, 6) is 1.47. The van der Waals surface area contributed by atoms with Crippen LogP contribution >= 0.6 is 11.8 Å². The number of rotatable bonds is 10. The van der Waals surface area contributed by atoms with Crippen molar-refractivity contribution in [2.45, 2.75) is 50.1 Å². The third-order valence-corrected chi connectivity index (χ3v) is 6.12. The topological polar surface area (TPSA) is 103 Å². The molecule has 3 rings (SSSR count). The zero-order chi connectivity index (χ0) is 21.6. The first-order valence-electron chi connectivity index (χ1n) is 10.0. The molecule has 0 bridgehead atoms. The highest BCUT2D eigenvalue weighted by atomic mass is 32.2. The van der Waals surface area contributed by atoms with Crippen molar-refractivity contribution < 1.29 is 28.6 Å². The van der Waals surface area contributed by atoms with Crippen LogP contribution in [0.3, 0.4) is 0 Å². The Bertz CT molecular complexity index is 802. The zero-order valence-corrected chi connectivity index (χ0v) is 18.1. The number of methoxy groups -OCH3 is 1. The second-order valence-electron chi connectivity index (χ2n) is 7.62. The molecule has 2 atom stereocenters. The molecule has 0 spiro atoms. The first-order valence-corrected chi connectivity index (χ1v) is 11.4. The SMILES string of the molecule is COC(=O)[C@H](CCSC)NC(=O)CC[C@@]1(Cc2ccc3c(c2)OCO3)CCC(=O)N1. The predicted molar refractivity (Wildman–Crippen MR) is 113 cm³/mol. The quantitative estimate of drug-likeness (QED) is 0.539. The molecule has 1 saturated heterocycles. The van der Waals surface area contributed by atoms with Gasteiger partial charge in [0.15, 0.2) is 11.5 Å². The maximum Gasteiger partial charge on any atom is 0.328 e. The van der Waals surface area contributed by atoms with E-state index in [9.17, 15) is 14.4 Å². The molecule has 2 aliphatic heterocycles. The Morgan fingerprint density at radius 3 is 2.83 bits per heavy atom. The summed E-state index contributed by atoms with van der Waals surface area (Å²) in [7, 11) is 1.31. The van der Waals surface area contributed by atoms with E-state index in [0.717, 1.165) is 11.3 Å². The van der Waals surface area contributed by atoms with Gasteiger partial charge < -0.3 is 24.8 Å². The largest absolute Gasteiger partial charge is 0.467 e. The molecule has 30 heavy (non-hydrogen) atoms. The molecule has 1 aromatic rings. The van der Waals surface area contributed by atoms with E-state index in [4.69, 9.17) is 14.2 Å². The van der Waals surface area contributed by atoms with E-state index in [0.29, 0.717) is 43.6 Å². The van der Waals surface area contributed by atoms with E-state index >= 15 is 0 Å². The fourth-order valence-electron chi connectivity index (χ4n) is 3.87. The fourth-order valence-corrected chi connectivity index (χ4v) is 4.34. The van der Waals surface area contributed by atoms with Crippen LogP contribution in [-0.2, 0) is 25.5 Å². The summed E-state index contributed by atoms with van der Waals surface area (Å²) in [5.41, 5.74) is 0.511. The second kappa shape index (κ2) is 10.1. The highest BCUT2D eigenvalue weighted by molar-refractivity contribution is 7.98. The van der Waals surface area contributed by atoms with Crippen molar-refractivity contribution in [2.75, 3.05) is 25.9 Å². The van der Waals surface area contributed by atoms with Gasteiger partial charge in [0.05, 0.1) is 7.11 Å². The van der Waals surface area contributed by atoms with Crippen molar-refractivity contribution in [3.05, 3.63) is 23.8 Å². The number of nitrogens with one attached hydrogen (secondary N) is 2. The van der Waals surface area contributed by atoms with Crippen LogP contribution in [0.15, 0.2) is 18.2 Å². The van der Waals surface area contributed by atoms with Crippen LogP contribution in [0.2, 0.25) is 0 Å². The monoisotopic (exact) mass is 436 g/mol. The Labute approximate surface area is 180 Å². The number of ether oxygens (including phenoxy) is 3. The summed E-state index contributed by atoms with van der Waals surface area (Å²) in [6.07, 6.45) is 4.82. The molecular weight excluding hydrogens is 408 g/mol. The van der Waals surface area contributed by atoms with Crippen molar-refractivity contribution in [1.82, 2.24) is 10.6 Å². The molecule has 9 heteroatoms. The Kier molecular flexibility index (Phi) is 7.47. The average Bonchev–Trinajstić information content (AvgIpc) is 3.35. The lowest BCUT2D eigenvalue weighted by Crippen LogP contribution is -2.46. The van der Waals surface area contributed by atoms with Crippen LogP contribution in [0.25, 0.3) is 0 Å². The molecule has 0 saturated carbocycles. The van der Waals surface area contributed by atoms with E-state index in [1.807, 2.05) is 24.5 Å². The summed E-state index contributed by atoms with van der Waals surface area (Å²) in [6, 6.07) is 5.08. The van der Waals surface area contributed by atoms with Crippen LogP contribution in [0, 0.1) is 0 Å². The number of benzene rings is 1. The van der Waals surface area contributed by atoms with E-state index in [1.54, 1.807) is 11.8 Å². The van der Waals surface area contributed by atoms with Gasteiger partial charge in [-0.3, -0.25) is 9.59 Å². The second-order valence-corrected chi connectivity index (χ2v) is 8.60. The van der Waals surface area contributed by atoms with Gasteiger partial charge in [-0.25, -0.2) is 4.79 Å². The molecule has 164 valence electrons. The van der Waals surface area contributed by atoms with Gasteiger partial charge in [-0.15, -0.1) is 0 Å². The van der Waals surface area contributed by atoms with Gasteiger partial charge in [-0.2, -0.15) is 11.8 Å². The predicted octanol–water partition coefficient (Wildman–Crippen LogP) is 1.80. The summed E-state index contributed by atoms with van der Waals surface area (Å²) in [6.45, 7) is 0.207. The third kappa shape index (κ3) is 5.59.